The van der Waals surface area contributed by atoms with Gasteiger partial charge in [0.05, 0.1) is 0 Å². The van der Waals surface area contributed by atoms with Crippen LogP contribution in [0.25, 0.3) is 0 Å². The molecule has 1 aromatic rings. The molecule has 0 aliphatic carbocycles. The van der Waals surface area contributed by atoms with Crippen molar-refractivity contribution < 1.29 is 22.7 Å². The summed E-state index contributed by atoms with van der Waals surface area (Å²) >= 11 is 0. The second kappa shape index (κ2) is 7.58. The summed E-state index contributed by atoms with van der Waals surface area (Å²) in [7, 11) is 0.748. The lowest BCUT2D eigenvalue weighted by molar-refractivity contribution is 0.0754. The highest BCUT2D eigenvalue weighted by molar-refractivity contribution is 7.88. The van der Waals surface area contributed by atoms with E-state index < -0.39 is 10.0 Å². The molecule has 1 rings (SSSR count). The fraction of sp³-hybridized carbons (Fsp3) is 0.615. The summed E-state index contributed by atoms with van der Waals surface area (Å²) in [5.74, 6) is -0.362. The molecule has 1 heterocycles. The quantitative estimate of drug-likeness (QED) is 0.715. The van der Waals surface area contributed by atoms with E-state index in [-0.39, 0.29) is 23.4 Å². The molecule has 1 aromatic heterocycles. The first-order valence-corrected chi connectivity index (χ1v) is 8.13. The number of sulfonamides is 1. The third-order valence-electron chi connectivity index (χ3n) is 3.03. The van der Waals surface area contributed by atoms with Gasteiger partial charge in [0.15, 0.2) is 5.76 Å². The molecule has 0 aliphatic rings. The molecule has 0 aliphatic heterocycles. The van der Waals surface area contributed by atoms with Crippen LogP contribution in [0.1, 0.15) is 29.8 Å². The number of furan rings is 1. The van der Waals surface area contributed by atoms with Gasteiger partial charge in [0, 0.05) is 34.3 Å². The summed E-state index contributed by atoms with van der Waals surface area (Å²) in [5.41, 5.74) is 0. The third-order valence-corrected chi connectivity index (χ3v) is 4.71. The normalized spacial score (nSPS) is 11.9. The Balaban J connectivity index is 2.70. The van der Waals surface area contributed by atoms with Gasteiger partial charge >= 0.3 is 0 Å². The number of aliphatic hydroxyl groups excluding tert-OH is 1. The van der Waals surface area contributed by atoms with E-state index in [1.807, 2.05) is 0 Å². The highest BCUT2D eigenvalue weighted by Gasteiger charge is 2.24. The molecule has 0 atom stereocenters. The molecular formula is C13H22N2O5S. The summed E-state index contributed by atoms with van der Waals surface area (Å²) in [4.78, 5) is 13.6. The standard InChI is InChI=1S/C13H22N2O5S/c1-14(2)21(18,19)12-8-7-11(20-12)13(17)15(3)9-5-4-6-10-16/h7-8,16H,4-6,9-10H2,1-3H3. The molecule has 1 N–H and O–H groups in total. The van der Waals surface area contributed by atoms with Crippen molar-refractivity contribution in [1.82, 2.24) is 9.21 Å². The Morgan fingerprint density at radius 2 is 1.86 bits per heavy atom. The van der Waals surface area contributed by atoms with Crippen molar-refractivity contribution in [3.05, 3.63) is 17.9 Å². The fourth-order valence-electron chi connectivity index (χ4n) is 1.68. The number of carbonyl (C=O) groups is 1. The van der Waals surface area contributed by atoms with Crippen LogP contribution in [0.3, 0.4) is 0 Å². The van der Waals surface area contributed by atoms with Gasteiger partial charge < -0.3 is 14.4 Å². The van der Waals surface area contributed by atoms with Gasteiger partial charge in [-0.15, -0.1) is 0 Å². The van der Waals surface area contributed by atoms with Crippen LogP contribution in [0.2, 0.25) is 0 Å². The second-order valence-electron chi connectivity index (χ2n) is 4.92. The molecule has 0 radical (unpaired) electrons. The summed E-state index contributed by atoms with van der Waals surface area (Å²) in [6, 6.07) is 2.64. The molecule has 0 aromatic carbocycles. The summed E-state index contributed by atoms with van der Waals surface area (Å²) in [6.07, 6.45) is 2.30. The van der Waals surface area contributed by atoms with E-state index >= 15 is 0 Å². The first kappa shape index (κ1) is 17.7. The van der Waals surface area contributed by atoms with Crippen molar-refractivity contribution in [2.45, 2.75) is 24.4 Å². The predicted octanol–water partition coefficient (Wildman–Crippen LogP) is 0.764. The van der Waals surface area contributed by atoms with Crippen molar-refractivity contribution >= 4 is 15.9 Å². The van der Waals surface area contributed by atoms with E-state index in [2.05, 4.69) is 0 Å². The number of nitrogens with zero attached hydrogens (tertiary/aromatic N) is 2. The van der Waals surface area contributed by atoms with Gasteiger partial charge in [-0.25, -0.2) is 12.7 Å². The van der Waals surface area contributed by atoms with Crippen molar-refractivity contribution in [2.75, 3.05) is 34.3 Å². The molecule has 1 amide bonds. The molecular weight excluding hydrogens is 296 g/mol. The SMILES string of the molecule is CN(CCCCCO)C(=O)c1ccc(S(=O)(=O)N(C)C)o1. The van der Waals surface area contributed by atoms with Crippen LogP contribution in [0.5, 0.6) is 0 Å². The number of unbranched alkanes of at least 4 members (excludes halogenated alkanes) is 2. The van der Waals surface area contributed by atoms with Crippen molar-refractivity contribution in [3.63, 3.8) is 0 Å². The van der Waals surface area contributed by atoms with Gasteiger partial charge in [0.1, 0.15) is 0 Å². The Bertz CT molecular complexity index is 565. The van der Waals surface area contributed by atoms with E-state index in [1.54, 1.807) is 7.05 Å². The molecule has 0 saturated heterocycles. The van der Waals surface area contributed by atoms with E-state index in [0.29, 0.717) is 13.0 Å². The molecule has 21 heavy (non-hydrogen) atoms. The predicted molar refractivity (Wildman–Crippen MR) is 77.5 cm³/mol. The minimum Gasteiger partial charge on any atom is -0.438 e. The first-order valence-electron chi connectivity index (χ1n) is 6.69. The number of carbonyl (C=O) groups excluding carboxylic acids is 1. The lowest BCUT2D eigenvalue weighted by Crippen LogP contribution is -2.27. The number of aliphatic hydroxyl groups is 1. The highest BCUT2D eigenvalue weighted by atomic mass is 32.2. The number of rotatable bonds is 8. The minimum atomic E-state index is -3.67. The monoisotopic (exact) mass is 318 g/mol. The topological polar surface area (TPSA) is 91.1 Å². The minimum absolute atomic E-state index is 0.0000770. The molecule has 0 saturated carbocycles. The summed E-state index contributed by atoms with van der Waals surface area (Å²) in [6.45, 7) is 0.664. The van der Waals surface area contributed by atoms with Crippen molar-refractivity contribution in [1.29, 1.82) is 0 Å². The van der Waals surface area contributed by atoms with Crippen LogP contribution in [-0.2, 0) is 10.0 Å². The zero-order valence-corrected chi connectivity index (χ0v) is 13.4. The molecule has 0 bridgehead atoms. The van der Waals surface area contributed by atoms with E-state index in [0.717, 1.165) is 17.1 Å². The molecule has 0 fully saturated rings. The van der Waals surface area contributed by atoms with Gasteiger partial charge in [0.2, 0.25) is 5.09 Å². The molecule has 8 heteroatoms. The lowest BCUT2D eigenvalue weighted by atomic mass is 10.2. The summed E-state index contributed by atoms with van der Waals surface area (Å²) in [5, 5.41) is 8.44. The Morgan fingerprint density at radius 1 is 1.19 bits per heavy atom. The van der Waals surface area contributed by atoms with E-state index in [1.165, 1.54) is 31.1 Å². The number of amides is 1. The number of hydrogen-bond acceptors (Lipinski definition) is 5. The van der Waals surface area contributed by atoms with Crippen LogP contribution in [0, 0.1) is 0 Å². The van der Waals surface area contributed by atoms with Crippen LogP contribution in [-0.4, -0.2) is 62.9 Å². The fourth-order valence-corrected chi connectivity index (χ4v) is 2.48. The Kier molecular flexibility index (Phi) is 6.38. The van der Waals surface area contributed by atoms with Crippen LogP contribution < -0.4 is 0 Å². The zero-order valence-electron chi connectivity index (χ0n) is 12.6. The van der Waals surface area contributed by atoms with Crippen LogP contribution in [0.15, 0.2) is 21.6 Å². The van der Waals surface area contributed by atoms with Crippen molar-refractivity contribution in [2.24, 2.45) is 0 Å². The lowest BCUT2D eigenvalue weighted by Gasteiger charge is -2.15. The maximum atomic E-state index is 12.1. The van der Waals surface area contributed by atoms with Gasteiger partial charge in [-0.3, -0.25) is 4.79 Å². The largest absolute Gasteiger partial charge is 0.438 e. The average Bonchev–Trinajstić information content (AvgIpc) is 2.92. The van der Waals surface area contributed by atoms with Crippen molar-refractivity contribution in [3.8, 4) is 0 Å². The maximum absolute atomic E-state index is 12.1. The second-order valence-corrected chi connectivity index (χ2v) is 7.00. The van der Waals surface area contributed by atoms with Crippen LogP contribution in [0.4, 0.5) is 0 Å². The van der Waals surface area contributed by atoms with E-state index in [9.17, 15) is 13.2 Å². The Hall–Kier alpha value is -1.38. The summed E-state index contributed by atoms with van der Waals surface area (Å²) < 4.78 is 29.9. The zero-order chi connectivity index (χ0) is 16.0. The van der Waals surface area contributed by atoms with Gasteiger partial charge in [0.25, 0.3) is 15.9 Å². The first-order chi connectivity index (χ1) is 9.80. The maximum Gasteiger partial charge on any atom is 0.289 e. The molecule has 7 nitrogen and oxygen atoms in total. The van der Waals surface area contributed by atoms with Crippen LogP contribution >= 0.6 is 0 Å². The van der Waals surface area contributed by atoms with Gasteiger partial charge in [-0.2, -0.15) is 0 Å². The molecule has 120 valence electrons. The molecule has 0 unspecified atom stereocenters. The average molecular weight is 318 g/mol. The smallest absolute Gasteiger partial charge is 0.289 e. The highest BCUT2D eigenvalue weighted by Crippen LogP contribution is 2.18. The molecule has 0 spiro atoms. The third kappa shape index (κ3) is 4.55. The Morgan fingerprint density at radius 3 is 2.43 bits per heavy atom. The van der Waals surface area contributed by atoms with E-state index in [4.69, 9.17) is 9.52 Å². The number of hydrogen-bond donors (Lipinski definition) is 1. The van der Waals surface area contributed by atoms with Gasteiger partial charge in [-0.05, 0) is 31.4 Å². The Labute approximate surface area is 125 Å². The van der Waals surface area contributed by atoms with Gasteiger partial charge in [-0.1, -0.05) is 0 Å².